The number of nitrogens with zero attached hydrogens (tertiary/aromatic N) is 1. The Hall–Kier alpha value is -2.28. The van der Waals surface area contributed by atoms with E-state index in [0.29, 0.717) is 39.5 Å². The minimum absolute atomic E-state index is 0.102. The number of anilines is 1. The van der Waals surface area contributed by atoms with E-state index in [1.807, 2.05) is 19.2 Å². The molecule has 2 N–H and O–H groups in total. The number of fused-ring (bicyclic) bond motifs is 1. The lowest BCUT2D eigenvalue weighted by Crippen LogP contribution is -2.14. The van der Waals surface area contributed by atoms with E-state index in [1.165, 1.54) is 11.3 Å². The van der Waals surface area contributed by atoms with Gasteiger partial charge in [0.1, 0.15) is 13.6 Å². The fourth-order valence-electron chi connectivity index (χ4n) is 2.35. The number of aromatic nitrogens is 2. The van der Waals surface area contributed by atoms with E-state index < -0.39 is 0 Å². The molecule has 0 saturated heterocycles. The summed E-state index contributed by atoms with van der Waals surface area (Å²) < 4.78 is 5.22. The Kier molecular flexibility index (Phi) is 4.13. The molecule has 23 heavy (non-hydrogen) atoms. The molecule has 0 aliphatic rings. The highest BCUT2D eigenvalue weighted by Crippen LogP contribution is 2.24. The molecule has 2 heterocycles. The molecule has 0 fully saturated rings. The molecule has 0 saturated carbocycles. The fourth-order valence-corrected chi connectivity index (χ4v) is 3.20. The molecule has 3 aromatic rings. The summed E-state index contributed by atoms with van der Waals surface area (Å²) in [4.78, 5) is 20.1. The normalized spacial score (nSPS) is 11.1. The van der Waals surface area contributed by atoms with Crippen LogP contribution in [-0.4, -0.2) is 31.0 Å². The summed E-state index contributed by atoms with van der Waals surface area (Å²) in [6, 6.07) is 5.24. The monoisotopic (exact) mass is 325 g/mol. The van der Waals surface area contributed by atoms with Crippen LogP contribution in [0.15, 0.2) is 28.4 Å². The largest absolute Gasteiger partial charge is 0.497 e. The van der Waals surface area contributed by atoms with Crippen molar-refractivity contribution in [1.82, 2.24) is 9.97 Å². The first-order valence-corrected chi connectivity index (χ1v) is 8.09. The third-order valence-electron chi connectivity index (χ3n) is 3.42. The predicted octanol–water partition coefficient (Wildman–Crippen LogP) is 2.27. The average Bonchev–Trinajstić information content (AvgIpc) is 2.96. The zero-order valence-corrected chi connectivity index (χ0v) is 14.0. The highest BCUT2D eigenvalue weighted by Gasteiger charge is 2.11. The fraction of sp³-hybridized carbons (Fsp3) is 0.250. The highest BCUT2D eigenvalue weighted by molar-refractivity contribution is 7.14. The van der Waals surface area contributed by atoms with Gasteiger partial charge < -0.3 is 15.0 Å². The van der Waals surface area contributed by atoms with E-state index in [4.69, 9.17) is 12.6 Å². The minimum atomic E-state index is -0.102. The number of benzene rings is 1. The molecular weight excluding hydrogens is 309 g/mol. The van der Waals surface area contributed by atoms with Gasteiger partial charge in [0, 0.05) is 28.4 Å². The second-order valence-corrected chi connectivity index (χ2v) is 6.35. The Labute approximate surface area is 139 Å². The number of aromatic amines is 1. The Morgan fingerprint density at radius 3 is 2.87 bits per heavy atom. The quantitative estimate of drug-likeness (QED) is 0.722. The van der Waals surface area contributed by atoms with Crippen molar-refractivity contribution >= 4 is 40.7 Å². The molecule has 5 nitrogen and oxygen atoms in total. The molecular formula is C16H16BN3O2S. The standard InChI is InChI=1S/C16H16BN3O2S/c1-8(2)18-16-20-11(7-23-16)10-6-12(21)9-4-5-13(22-3)14(17)15(9)19-10/h4-8H,1-3H3,(H,18,20)(H,19,21). The molecule has 0 bridgehead atoms. The summed E-state index contributed by atoms with van der Waals surface area (Å²) in [6.45, 7) is 4.10. The van der Waals surface area contributed by atoms with Crippen molar-refractivity contribution in [2.75, 3.05) is 12.4 Å². The summed E-state index contributed by atoms with van der Waals surface area (Å²) in [7, 11) is 7.64. The van der Waals surface area contributed by atoms with Crippen LogP contribution < -0.4 is 20.9 Å². The lowest BCUT2D eigenvalue weighted by atomic mass is 9.91. The maximum atomic E-state index is 12.4. The maximum absolute atomic E-state index is 12.4. The predicted molar refractivity (Wildman–Crippen MR) is 96.4 cm³/mol. The molecule has 3 rings (SSSR count). The van der Waals surface area contributed by atoms with E-state index in [2.05, 4.69) is 15.3 Å². The molecule has 7 heteroatoms. The third kappa shape index (κ3) is 2.96. The van der Waals surface area contributed by atoms with Gasteiger partial charge in [-0.15, -0.1) is 11.3 Å². The van der Waals surface area contributed by atoms with Crippen LogP contribution in [0.4, 0.5) is 5.13 Å². The molecule has 1 aromatic carbocycles. The van der Waals surface area contributed by atoms with Gasteiger partial charge >= 0.3 is 0 Å². The van der Waals surface area contributed by atoms with Gasteiger partial charge in [-0.25, -0.2) is 4.98 Å². The van der Waals surface area contributed by atoms with Gasteiger partial charge in [-0.2, -0.15) is 0 Å². The zero-order chi connectivity index (χ0) is 16.6. The van der Waals surface area contributed by atoms with Crippen molar-refractivity contribution in [3.05, 3.63) is 33.8 Å². The molecule has 2 radical (unpaired) electrons. The van der Waals surface area contributed by atoms with Gasteiger partial charge in [-0.05, 0) is 31.4 Å². The number of rotatable bonds is 4. The third-order valence-corrected chi connectivity index (χ3v) is 4.19. The summed E-state index contributed by atoms with van der Waals surface area (Å²) in [5, 5.41) is 6.49. The van der Waals surface area contributed by atoms with Crippen molar-refractivity contribution in [3.63, 3.8) is 0 Å². The summed E-state index contributed by atoms with van der Waals surface area (Å²) in [5.41, 5.74) is 2.22. The van der Waals surface area contributed by atoms with Crippen molar-refractivity contribution < 1.29 is 4.74 Å². The number of hydrogen-bond donors (Lipinski definition) is 2. The van der Waals surface area contributed by atoms with Crippen molar-refractivity contribution in [2.45, 2.75) is 19.9 Å². The number of thiazole rings is 1. The smallest absolute Gasteiger partial charge is 0.190 e. The van der Waals surface area contributed by atoms with Crippen LogP contribution in [-0.2, 0) is 0 Å². The van der Waals surface area contributed by atoms with Crippen LogP contribution in [0.25, 0.3) is 22.3 Å². The molecule has 116 valence electrons. The molecule has 0 spiro atoms. The van der Waals surface area contributed by atoms with E-state index >= 15 is 0 Å². The van der Waals surface area contributed by atoms with Crippen LogP contribution in [0.3, 0.4) is 0 Å². The Balaban J connectivity index is 2.13. The first kappa shape index (κ1) is 15.6. The minimum Gasteiger partial charge on any atom is -0.497 e. The van der Waals surface area contributed by atoms with Gasteiger partial charge in [0.25, 0.3) is 0 Å². The molecule has 0 aliphatic carbocycles. The number of hydrogen-bond acceptors (Lipinski definition) is 5. The van der Waals surface area contributed by atoms with Gasteiger partial charge in [0.05, 0.1) is 18.5 Å². The number of H-pyrrole nitrogens is 1. The van der Waals surface area contributed by atoms with Crippen LogP contribution >= 0.6 is 11.3 Å². The van der Waals surface area contributed by atoms with Crippen LogP contribution in [0, 0.1) is 0 Å². The molecule has 0 aliphatic heterocycles. The van der Waals surface area contributed by atoms with Crippen molar-refractivity contribution in [3.8, 4) is 17.1 Å². The van der Waals surface area contributed by atoms with Crippen LogP contribution in [0.5, 0.6) is 5.75 Å². The van der Waals surface area contributed by atoms with Gasteiger partial charge in [0.2, 0.25) is 0 Å². The van der Waals surface area contributed by atoms with Crippen molar-refractivity contribution in [2.24, 2.45) is 0 Å². The van der Waals surface area contributed by atoms with E-state index in [9.17, 15) is 4.79 Å². The second kappa shape index (κ2) is 6.08. The lowest BCUT2D eigenvalue weighted by molar-refractivity contribution is 0.418. The molecule has 2 aromatic heterocycles. The van der Waals surface area contributed by atoms with E-state index in [1.54, 1.807) is 25.3 Å². The molecule has 0 atom stereocenters. The van der Waals surface area contributed by atoms with Crippen LogP contribution in [0.2, 0.25) is 0 Å². The SMILES string of the molecule is [B]c1c(OC)ccc2c(=O)cc(-c3csc(NC(C)C)n3)[nH]c12. The van der Waals surface area contributed by atoms with Gasteiger partial charge in [-0.1, -0.05) is 0 Å². The van der Waals surface area contributed by atoms with Crippen molar-refractivity contribution in [1.29, 1.82) is 0 Å². The van der Waals surface area contributed by atoms with Crippen LogP contribution in [0.1, 0.15) is 13.8 Å². The number of methoxy groups -OCH3 is 1. The number of nitrogens with one attached hydrogen (secondary N) is 2. The van der Waals surface area contributed by atoms with Gasteiger partial charge in [0.15, 0.2) is 10.6 Å². The van der Waals surface area contributed by atoms with Gasteiger partial charge in [-0.3, -0.25) is 4.79 Å². The lowest BCUT2D eigenvalue weighted by Gasteiger charge is -2.09. The number of ether oxygens (including phenoxy) is 1. The summed E-state index contributed by atoms with van der Waals surface area (Å²) >= 11 is 1.50. The molecule has 0 unspecified atom stereocenters. The summed E-state index contributed by atoms with van der Waals surface area (Å²) in [5.74, 6) is 0.533. The second-order valence-electron chi connectivity index (χ2n) is 5.49. The Bertz CT molecular complexity index is 917. The molecule has 0 amide bonds. The Morgan fingerprint density at radius 1 is 1.39 bits per heavy atom. The first-order chi connectivity index (χ1) is 11.0. The first-order valence-electron chi connectivity index (χ1n) is 7.21. The zero-order valence-electron chi connectivity index (χ0n) is 13.1. The summed E-state index contributed by atoms with van der Waals surface area (Å²) in [6.07, 6.45) is 0. The van der Waals surface area contributed by atoms with E-state index in [0.717, 1.165) is 5.13 Å². The topological polar surface area (TPSA) is 67.0 Å². The average molecular weight is 325 g/mol. The number of pyridine rings is 1. The maximum Gasteiger partial charge on any atom is 0.190 e. The Morgan fingerprint density at radius 2 is 2.17 bits per heavy atom. The van der Waals surface area contributed by atoms with E-state index in [-0.39, 0.29) is 5.43 Å². The highest BCUT2D eigenvalue weighted by atomic mass is 32.1.